The summed E-state index contributed by atoms with van der Waals surface area (Å²) in [5.74, 6) is 0.114. The molecule has 1 atom stereocenters. The quantitative estimate of drug-likeness (QED) is 0.296. The Labute approximate surface area is 168 Å². The number of carbonyl (C=O) groups excluding carboxylic acids is 1. The van der Waals surface area contributed by atoms with E-state index in [0.29, 0.717) is 12.6 Å². The van der Waals surface area contributed by atoms with Crippen LogP contribution in [0, 0.1) is 0 Å². The molecular weight excluding hydrogens is 336 g/mol. The van der Waals surface area contributed by atoms with E-state index in [1.54, 1.807) is 0 Å². The maximum atomic E-state index is 11.7. The average Bonchev–Trinajstić information content (AvgIpc) is 3.18. The molecule has 1 unspecified atom stereocenters. The van der Waals surface area contributed by atoms with Crippen LogP contribution in [0.1, 0.15) is 110 Å². The zero-order valence-electron chi connectivity index (χ0n) is 18.0. The lowest BCUT2D eigenvalue weighted by Gasteiger charge is -2.10. The van der Waals surface area contributed by atoms with Gasteiger partial charge in [0.05, 0.1) is 12.6 Å². The van der Waals surface area contributed by atoms with E-state index in [1.165, 1.54) is 83.5 Å². The summed E-state index contributed by atoms with van der Waals surface area (Å²) in [7, 11) is 0. The van der Waals surface area contributed by atoms with Crippen molar-refractivity contribution in [3.63, 3.8) is 0 Å². The fraction of sp³-hybridized carbons (Fsp3) is 0.957. The lowest BCUT2D eigenvalue weighted by Crippen LogP contribution is -2.37. The monoisotopic (exact) mass is 382 g/mol. The van der Waals surface area contributed by atoms with Crippen molar-refractivity contribution < 1.29 is 9.53 Å². The van der Waals surface area contributed by atoms with Crippen molar-refractivity contribution in [1.82, 2.24) is 10.6 Å². The number of ether oxygens (including phenoxy) is 1. The number of amides is 1. The molecule has 0 spiro atoms. The summed E-state index contributed by atoms with van der Waals surface area (Å²) < 4.78 is 5.53. The zero-order valence-corrected chi connectivity index (χ0v) is 18.0. The van der Waals surface area contributed by atoms with Gasteiger partial charge >= 0.3 is 0 Å². The second-order valence-corrected chi connectivity index (χ2v) is 8.21. The normalized spacial score (nSPS) is 16.7. The molecule has 1 aliphatic rings. The molecule has 1 fully saturated rings. The van der Waals surface area contributed by atoms with Crippen LogP contribution >= 0.6 is 0 Å². The summed E-state index contributed by atoms with van der Waals surface area (Å²) in [5, 5.41) is 6.20. The second kappa shape index (κ2) is 18.7. The van der Waals surface area contributed by atoms with E-state index < -0.39 is 0 Å². The summed E-state index contributed by atoms with van der Waals surface area (Å²) in [6.07, 6.45) is 21.7. The van der Waals surface area contributed by atoms with Crippen LogP contribution in [0.2, 0.25) is 0 Å². The van der Waals surface area contributed by atoms with E-state index in [1.807, 2.05) is 0 Å². The van der Waals surface area contributed by atoms with Crippen LogP contribution in [0.3, 0.4) is 0 Å². The third-order valence-electron chi connectivity index (χ3n) is 5.53. The third kappa shape index (κ3) is 16.1. The minimum absolute atomic E-state index is 0.114. The highest BCUT2D eigenvalue weighted by Gasteiger charge is 2.14. The summed E-state index contributed by atoms with van der Waals surface area (Å²) >= 11 is 0. The number of unbranched alkanes of at least 4 members (excludes halogenated alkanes) is 13. The van der Waals surface area contributed by atoms with Gasteiger partial charge in [-0.25, -0.2) is 0 Å². The summed E-state index contributed by atoms with van der Waals surface area (Å²) in [4.78, 5) is 11.7. The van der Waals surface area contributed by atoms with E-state index in [0.717, 1.165) is 39.0 Å². The molecule has 0 radical (unpaired) electrons. The molecular formula is C23H46N2O2. The molecule has 1 aliphatic heterocycles. The molecule has 1 amide bonds. The van der Waals surface area contributed by atoms with Crippen molar-refractivity contribution in [2.24, 2.45) is 0 Å². The predicted octanol–water partition coefficient (Wildman–Crippen LogP) is 5.35. The zero-order chi connectivity index (χ0) is 19.4. The molecule has 0 saturated carbocycles. The van der Waals surface area contributed by atoms with Gasteiger partial charge in [0.2, 0.25) is 5.91 Å². The molecule has 0 aromatic carbocycles. The van der Waals surface area contributed by atoms with Crippen molar-refractivity contribution in [2.45, 2.75) is 116 Å². The summed E-state index contributed by atoms with van der Waals surface area (Å²) in [5.41, 5.74) is 0. The molecule has 4 heteroatoms. The van der Waals surface area contributed by atoms with Gasteiger partial charge in [-0.15, -0.1) is 0 Å². The van der Waals surface area contributed by atoms with Gasteiger partial charge in [0.1, 0.15) is 0 Å². The highest BCUT2D eigenvalue weighted by Crippen LogP contribution is 2.13. The molecule has 4 nitrogen and oxygen atoms in total. The first-order valence-electron chi connectivity index (χ1n) is 11.9. The molecule has 0 aromatic rings. The fourth-order valence-electron chi connectivity index (χ4n) is 3.76. The first-order chi connectivity index (χ1) is 13.3. The van der Waals surface area contributed by atoms with E-state index in [-0.39, 0.29) is 5.91 Å². The minimum atomic E-state index is 0.114. The molecule has 160 valence electrons. The predicted molar refractivity (Wildman–Crippen MR) is 115 cm³/mol. The average molecular weight is 383 g/mol. The van der Waals surface area contributed by atoms with Crippen molar-refractivity contribution >= 4 is 5.91 Å². The Morgan fingerprint density at radius 3 is 1.93 bits per heavy atom. The van der Waals surface area contributed by atoms with Gasteiger partial charge in [-0.1, -0.05) is 90.4 Å². The Balaban J connectivity index is 1.70. The van der Waals surface area contributed by atoms with Crippen LogP contribution in [-0.4, -0.2) is 38.3 Å². The highest BCUT2D eigenvalue weighted by atomic mass is 16.5. The maximum absolute atomic E-state index is 11.7. The fourth-order valence-corrected chi connectivity index (χ4v) is 3.76. The van der Waals surface area contributed by atoms with Crippen molar-refractivity contribution in [1.29, 1.82) is 0 Å². The van der Waals surface area contributed by atoms with Crippen molar-refractivity contribution in [3.05, 3.63) is 0 Å². The molecule has 0 bridgehead atoms. The van der Waals surface area contributed by atoms with Crippen LogP contribution in [-0.2, 0) is 9.53 Å². The van der Waals surface area contributed by atoms with Crippen molar-refractivity contribution in [3.8, 4) is 0 Å². The van der Waals surface area contributed by atoms with Gasteiger partial charge < -0.3 is 15.4 Å². The standard InChI is InChI=1S/C23H46N2O2/c1-2-3-4-5-6-7-8-9-10-11-12-13-14-15-18-25-23(26)21-24-20-22-17-16-19-27-22/h22,24H,2-21H2,1H3,(H,25,26). The molecule has 27 heavy (non-hydrogen) atoms. The number of rotatable bonds is 19. The summed E-state index contributed by atoms with van der Waals surface area (Å²) in [6, 6.07) is 0. The van der Waals surface area contributed by atoms with Crippen molar-refractivity contribution in [2.75, 3.05) is 26.2 Å². The van der Waals surface area contributed by atoms with Gasteiger partial charge in [-0.05, 0) is 19.3 Å². The molecule has 1 saturated heterocycles. The van der Waals surface area contributed by atoms with E-state index in [9.17, 15) is 4.79 Å². The molecule has 0 aromatic heterocycles. The Hall–Kier alpha value is -0.610. The third-order valence-corrected chi connectivity index (χ3v) is 5.53. The number of nitrogens with one attached hydrogen (secondary N) is 2. The first kappa shape index (κ1) is 24.4. The number of hydrogen-bond donors (Lipinski definition) is 2. The Morgan fingerprint density at radius 2 is 1.41 bits per heavy atom. The summed E-state index contributed by atoms with van der Waals surface area (Å²) in [6.45, 7) is 5.18. The van der Waals surface area contributed by atoms with Gasteiger partial charge in [0.25, 0.3) is 0 Å². The van der Waals surface area contributed by atoms with Gasteiger partial charge in [-0.2, -0.15) is 0 Å². The Kier molecular flexibility index (Phi) is 17.0. The van der Waals surface area contributed by atoms with Gasteiger partial charge in [-0.3, -0.25) is 4.79 Å². The minimum Gasteiger partial charge on any atom is -0.377 e. The van der Waals surface area contributed by atoms with Crippen LogP contribution in [0.25, 0.3) is 0 Å². The topological polar surface area (TPSA) is 50.4 Å². The van der Waals surface area contributed by atoms with Gasteiger partial charge in [0.15, 0.2) is 0 Å². The van der Waals surface area contributed by atoms with Crippen LogP contribution < -0.4 is 10.6 Å². The molecule has 0 aliphatic carbocycles. The lowest BCUT2D eigenvalue weighted by atomic mass is 10.0. The lowest BCUT2D eigenvalue weighted by molar-refractivity contribution is -0.120. The smallest absolute Gasteiger partial charge is 0.233 e. The largest absolute Gasteiger partial charge is 0.377 e. The Bertz CT molecular complexity index is 330. The molecule has 1 rings (SSSR count). The van der Waals surface area contributed by atoms with E-state index in [2.05, 4.69) is 17.6 Å². The van der Waals surface area contributed by atoms with Gasteiger partial charge in [0, 0.05) is 19.7 Å². The highest BCUT2D eigenvalue weighted by molar-refractivity contribution is 5.77. The molecule has 2 N–H and O–H groups in total. The molecule has 1 heterocycles. The van der Waals surface area contributed by atoms with Crippen LogP contribution in [0.4, 0.5) is 0 Å². The first-order valence-corrected chi connectivity index (χ1v) is 11.9. The van der Waals surface area contributed by atoms with Crippen LogP contribution in [0.5, 0.6) is 0 Å². The maximum Gasteiger partial charge on any atom is 0.233 e. The number of hydrogen-bond acceptors (Lipinski definition) is 3. The Morgan fingerprint density at radius 1 is 0.852 bits per heavy atom. The SMILES string of the molecule is CCCCCCCCCCCCCCCCNC(=O)CNCC1CCCO1. The second-order valence-electron chi connectivity index (χ2n) is 8.21. The van der Waals surface area contributed by atoms with E-state index in [4.69, 9.17) is 4.74 Å². The number of carbonyl (C=O) groups is 1. The van der Waals surface area contributed by atoms with E-state index >= 15 is 0 Å². The van der Waals surface area contributed by atoms with Crippen LogP contribution in [0.15, 0.2) is 0 Å².